The number of halogens is 3. The monoisotopic (exact) mass is 297 g/mol. The van der Waals surface area contributed by atoms with Gasteiger partial charge in [0.05, 0.1) is 12.2 Å². The molecule has 0 aromatic rings. The molecule has 0 radical (unpaired) electrons. The normalized spacial score (nSPS) is 23.9. The predicted molar refractivity (Wildman–Crippen MR) is 71.3 cm³/mol. The summed E-state index contributed by atoms with van der Waals surface area (Å²) in [4.78, 5) is 0.907. The summed E-state index contributed by atoms with van der Waals surface area (Å²) in [5, 5.41) is 20.0. The van der Waals surface area contributed by atoms with E-state index in [0.29, 0.717) is 6.42 Å². The predicted octanol–water partition coefficient (Wildman–Crippen LogP) is 2.56. The third-order valence-corrected chi connectivity index (χ3v) is 4.36. The first-order chi connectivity index (χ1) is 9.40. The van der Waals surface area contributed by atoms with Gasteiger partial charge in [0.25, 0.3) is 6.43 Å². The van der Waals surface area contributed by atoms with E-state index in [2.05, 4.69) is 0 Å². The Balaban J connectivity index is 2.87. The number of rotatable bonds is 7. The first-order valence-corrected chi connectivity index (χ1v) is 7.40. The van der Waals surface area contributed by atoms with Crippen LogP contribution in [0.5, 0.6) is 0 Å². The zero-order chi connectivity index (χ0) is 15.3. The SMILES string of the molecule is CCC(O)C(O)C(C1CCCCC1)N(C)C(F)C(F)F. The molecule has 0 saturated heterocycles. The van der Waals surface area contributed by atoms with Crippen molar-refractivity contribution in [1.82, 2.24) is 4.90 Å². The molecule has 1 rings (SSSR count). The second-order valence-electron chi connectivity index (χ2n) is 5.73. The summed E-state index contributed by atoms with van der Waals surface area (Å²) in [5.74, 6) is -0.0537. The van der Waals surface area contributed by atoms with Gasteiger partial charge in [-0.1, -0.05) is 26.2 Å². The molecule has 1 saturated carbocycles. The minimum absolute atomic E-state index is 0.0537. The van der Waals surface area contributed by atoms with Crippen molar-refractivity contribution in [2.45, 2.75) is 76.4 Å². The van der Waals surface area contributed by atoms with Gasteiger partial charge in [-0.2, -0.15) is 0 Å². The summed E-state index contributed by atoms with van der Waals surface area (Å²) in [6.45, 7) is 1.70. The Kier molecular flexibility index (Phi) is 7.26. The van der Waals surface area contributed by atoms with Crippen molar-refractivity contribution in [3.05, 3.63) is 0 Å². The fourth-order valence-corrected chi connectivity index (χ4v) is 3.14. The smallest absolute Gasteiger partial charge is 0.282 e. The van der Waals surface area contributed by atoms with Gasteiger partial charge >= 0.3 is 0 Å². The number of aliphatic hydroxyl groups is 2. The van der Waals surface area contributed by atoms with E-state index in [0.717, 1.165) is 37.0 Å². The second kappa shape index (κ2) is 8.20. The van der Waals surface area contributed by atoms with Crippen LogP contribution in [0.2, 0.25) is 0 Å². The fraction of sp³-hybridized carbons (Fsp3) is 1.00. The summed E-state index contributed by atoms with van der Waals surface area (Å²) in [6, 6.07) is -0.769. The third kappa shape index (κ3) is 4.33. The highest BCUT2D eigenvalue weighted by Crippen LogP contribution is 2.33. The van der Waals surface area contributed by atoms with Crippen LogP contribution in [0.1, 0.15) is 45.4 Å². The average Bonchev–Trinajstić information content (AvgIpc) is 2.46. The Morgan fingerprint density at radius 2 is 1.65 bits per heavy atom. The first-order valence-electron chi connectivity index (χ1n) is 7.40. The first kappa shape index (κ1) is 17.7. The van der Waals surface area contributed by atoms with E-state index < -0.39 is 31.0 Å². The van der Waals surface area contributed by atoms with Gasteiger partial charge < -0.3 is 10.2 Å². The van der Waals surface area contributed by atoms with Crippen molar-refractivity contribution in [3.8, 4) is 0 Å². The molecule has 1 aliphatic rings. The molecule has 0 heterocycles. The largest absolute Gasteiger partial charge is 0.390 e. The number of hydrogen-bond acceptors (Lipinski definition) is 3. The van der Waals surface area contributed by atoms with Crippen LogP contribution in [-0.2, 0) is 0 Å². The Labute approximate surface area is 118 Å². The summed E-state index contributed by atoms with van der Waals surface area (Å²) in [6.07, 6.45) is -2.91. The number of hydrogen-bond donors (Lipinski definition) is 2. The fourth-order valence-electron chi connectivity index (χ4n) is 3.14. The third-order valence-electron chi connectivity index (χ3n) is 4.36. The van der Waals surface area contributed by atoms with Crippen molar-refractivity contribution in [3.63, 3.8) is 0 Å². The molecular formula is C14H26F3NO2. The summed E-state index contributed by atoms with van der Waals surface area (Å²) in [5.41, 5.74) is 0. The van der Waals surface area contributed by atoms with E-state index in [-0.39, 0.29) is 5.92 Å². The van der Waals surface area contributed by atoms with Gasteiger partial charge in [-0.3, -0.25) is 4.90 Å². The molecule has 0 bridgehead atoms. The molecule has 2 N–H and O–H groups in total. The molecule has 0 aliphatic heterocycles. The molecule has 0 aromatic heterocycles. The van der Waals surface area contributed by atoms with E-state index in [9.17, 15) is 23.4 Å². The van der Waals surface area contributed by atoms with Gasteiger partial charge in [-0.05, 0) is 32.2 Å². The van der Waals surface area contributed by atoms with Gasteiger partial charge in [0, 0.05) is 6.04 Å². The minimum Gasteiger partial charge on any atom is -0.390 e. The molecule has 0 spiro atoms. The van der Waals surface area contributed by atoms with E-state index in [1.807, 2.05) is 0 Å². The van der Waals surface area contributed by atoms with Crippen molar-refractivity contribution in [1.29, 1.82) is 0 Å². The van der Waals surface area contributed by atoms with Crippen LogP contribution in [-0.4, -0.2) is 53.1 Å². The van der Waals surface area contributed by atoms with Gasteiger partial charge in [-0.25, -0.2) is 13.2 Å². The molecular weight excluding hydrogens is 271 g/mol. The molecule has 3 nitrogen and oxygen atoms in total. The molecule has 120 valence electrons. The molecule has 1 fully saturated rings. The standard InChI is InChI=1S/C14H26F3NO2/c1-3-10(19)12(20)11(9-7-5-4-6-8-9)18(2)14(17)13(15)16/h9-14,19-20H,3-8H2,1-2H3. The number of nitrogens with zero attached hydrogens (tertiary/aromatic N) is 1. The lowest BCUT2D eigenvalue weighted by molar-refractivity contribution is -0.118. The maximum absolute atomic E-state index is 13.6. The lowest BCUT2D eigenvalue weighted by atomic mass is 9.79. The van der Waals surface area contributed by atoms with Crippen LogP contribution < -0.4 is 0 Å². The van der Waals surface area contributed by atoms with E-state index in [1.165, 1.54) is 7.05 Å². The molecule has 0 amide bonds. The maximum Gasteiger partial charge on any atom is 0.282 e. The summed E-state index contributed by atoms with van der Waals surface area (Å²) < 4.78 is 38.8. The zero-order valence-electron chi connectivity index (χ0n) is 12.2. The van der Waals surface area contributed by atoms with Crippen LogP contribution in [0, 0.1) is 5.92 Å². The highest BCUT2D eigenvalue weighted by atomic mass is 19.3. The number of likely N-dealkylation sites (N-methyl/N-ethyl adjacent to an activating group) is 1. The quantitative estimate of drug-likeness (QED) is 0.710. The Bertz CT molecular complexity index is 273. The highest BCUT2D eigenvalue weighted by Gasteiger charge is 2.40. The lowest BCUT2D eigenvalue weighted by Crippen LogP contribution is -2.55. The zero-order valence-corrected chi connectivity index (χ0v) is 12.2. The van der Waals surface area contributed by atoms with E-state index in [1.54, 1.807) is 6.92 Å². The van der Waals surface area contributed by atoms with Crippen molar-refractivity contribution in [2.24, 2.45) is 5.92 Å². The molecule has 0 aromatic carbocycles. The van der Waals surface area contributed by atoms with Crippen molar-refractivity contribution >= 4 is 0 Å². The van der Waals surface area contributed by atoms with Crippen molar-refractivity contribution in [2.75, 3.05) is 7.05 Å². The molecule has 4 atom stereocenters. The Morgan fingerprint density at radius 3 is 2.10 bits per heavy atom. The topological polar surface area (TPSA) is 43.7 Å². The van der Waals surface area contributed by atoms with Crippen LogP contribution in [0.4, 0.5) is 13.2 Å². The van der Waals surface area contributed by atoms with Gasteiger partial charge in [0.1, 0.15) is 0 Å². The maximum atomic E-state index is 13.6. The van der Waals surface area contributed by atoms with Gasteiger partial charge in [-0.15, -0.1) is 0 Å². The van der Waals surface area contributed by atoms with Crippen LogP contribution in [0.15, 0.2) is 0 Å². The Morgan fingerprint density at radius 1 is 1.10 bits per heavy atom. The van der Waals surface area contributed by atoms with Gasteiger partial charge in [0.2, 0.25) is 6.30 Å². The second-order valence-corrected chi connectivity index (χ2v) is 5.73. The average molecular weight is 297 g/mol. The van der Waals surface area contributed by atoms with Gasteiger partial charge in [0.15, 0.2) is 0 Å². The van der Waals surface area contributed by atoms with E-state index >= 15 is 0 Å². The van der Waals surface area contributed by atoms with Crippen molar-refractivity contribution < 1.29 is 23.4 Å². The summed E-state index contributed by atoms with van der Waals surface area (Å²) in [7, 11) is 1.27. The van der Waals surface area contributed by atoms with Crippen LogP contribution in [0.3, 0.4) is 0 Å². The molecule has 20 heavy (non-hydrogen) atoms. The molecule has 6 heteroatoms. The number of alkyl halides is 3. The molecule has 4 unspecified atom stereocenters. The van der Waals surface area contributed by atoms with Crippen LogP contribution in [0.25, 0.3) is 0 Å². The lowest BCUT2D eigenvalue weighted by Gasteiger charge is -2.41. The Hall–Kier alpha value is -0.330. The number of aliphatic hydroxyl groups excluding tert-OH is 2. The van der Waals surface area contributed by atoms with Crippen LogP contribution >= 0.6 is 0 Å². The van der Waals surface area contributed by atoms with E-state index in [4.69, 9.17) is 0 Å². The minimum atomic E-state index is -3.11. The molecule has 1 aliphatic carbocycles. The highest BCUT2D eigenvalue weighted by molar-refractivity contribution is 4.90. The summed E-state index contributed by atoms with van der Waals surface area (Å²) >= 11 is 0.